The summed E-state index contributed by atoms with van der Waals surface area (Å²) in [7, 11) is 0. The summed E-state index contributed by atoms with van der Waals surface area (Å²) in [5.74, 6) is -1.37. The van der Waals surface area contributed by atoms with Crippen molar-refractivity contribution in [3.05, 3.63) is 35.4 Å². The Bertz CT molecular complexity index is 339. The van der Waals surface area contributed by atoms with Crippen LogP contribution in [-0.4, -0.2) is 12.6 Å². The minimum atomic E-state index is -0.786. The summed E-state index contributed by atoms with van der Waals surface area (Å²) in [6.45, 7) is 7.00. The molecule has 0 amide bonds. The zero-order valence-electron chi connectivity index (χ0n) is 10.1. The molecule has 0 radical (unpaired) electrons. The second-order valence-electron chi connectivity index (χ2n) is 4.29. The van der Waals surface area contributed by atoms with Crippen LogP contribution < -0.4 is 5.32 Å². The van der Waals surface area contributed by atoms with Gasteiger partial charge in [0, 0.05) is 12.6 Å². The van der Waals surface area contributed by atoms with Gasteiger partial charge in [-0.15, -0.1) is 0 Å². The molecule has 0 fully saturated rings. The van der Waals surface area contributed by atoms with Gasteiger partial charge in [-0.25, -0.2) is 8.78 Å². The van der Waals surface area contributed by atoms with E-state index in [1.165, 1.54) is 12.1 Å². The van der Waals surface area contributed by atoms with Crippen molar-refractivity contribution < 1.29 is 8.78 Å². The Morgan fingerprint density at radius 2 is 1.88 bits per heavy atom. The van der Waals surface area contributed by atoms with Gasteiger partial charge in [-0.05, 0) is 37.0 Å². The third kappa shape index (κ3) is 3.56. The molecule has 1 aromatic carbocycles. The van der Waals surface area contributed by atoms with Crippen LogP contribution in [0.1, 0.15) is 38.7 Å². The van der Waals surface area contributed by atoms with E-state index in [9.17, 15) is 8.78 Å². The maximum atomic E-state index is 13.0. The summed E-state index contributed by atoms with van der Waals surface area (Å²) < 4.78 is 25.7. The molecule has 1 aromatic rings. The van der Waals surface area contributed by atoms with E-state index in [1.54, 1.807) is 6.07 Å². The molecular formula is C13H19F2N. The van der Waals surface area contributed by atoms with E-state index < -0.39 is 11.6 Å². The fourth-order valence-electron chi connectivity index (χ4n) is 1.46. The highest BCUT2D eigenvalue weighted by molar-refractivity contribution is 5.21. The van der Waals surface area contributed by atoms with Gasteiger partial charge in [-0.1, -0.05) is 19.9 Å². The van der Waals surface area contributed by atoms with Crippen molar-refractivity contribution in [2.45, 2.75) is 39.2 Å². The lowest BCUT2D eigenvalue weighted by Gasteiger charge is -2.17. The molecule has 0 aliphatic heterocycles. The molecule has 2 atom stereocenters. The van der Waals surface area contributed by atoms with Crippen LogP contribution in [0.2, 0.25) is 0 Å². The molecule has 16 heavy (non-hydrogen) atoms. The first-order valence-electron chi connectivity index (χ1n) is 5.73. The highest BCUT2D eigenvalue weighted by Crippen LogP contribution is 2.17. The summed E-state index contributed by atoms with van der Waals surface area (Å²) in [6, 6.07) is 4.55. The van der Waals surface area contributed by atoms with Gasteiger partial charge in [0.05, 0.1) is 0 Å². The number of benzene rings is 1. The van der Waals surface area contributed by atoms with Crippen LogP contribution in [0, 0.1) is 11.6 Å². The zero-order valence-corrected chi connectivity index (χ0v) is 10.1. The first-order valence-corrected chi connectivity index (χ1v) is 5.73. The largest absolute Gasteiger partial charge is 0.314 e. The Balaban J connectivity index is 2.59. The minimum Gasteiger partial charge on any atom is -0.314 e. The molecule has 0 aliphatic rings. The lowest BCUT2D eigenvalue weighted by Crippen LogP contribution is -2.29. The Morgan fingerprint density at radius 3 is 2.44 bits per heavy atom. The van der Waals surface area contributed by atoms with Crippen molar-refractivity contribution in [2.24, 2.45) is 0 Å². The Labute approximate surface area is 95.9 Å². The standard InChI is InChI=1S/C13H19F2N/c1-4-10(3)16-8-9(2)11-5-6-12(14)13(15)7-11/h5-7,9-10,16H,4,8H2,1-3H3. The van der Waals surface area contributed by atoms with E-state index in [0.717, 1.165) is 18.5 Å². The predicted molar refractivity (Wildman–Crippen MR) is 62.5 cm³/mol. The number of nitrogens with one attached hydrogen (secondary N) is 1. The topological polar surface area (TPSA) is 12.0 Å². The highest BCUT2D eigenvalue weighted by atomic mass is 19.2. The van der Waals surface area contributed by atoms with Crippen LogP contribution in [0.25, 0.3) is 0 Å². The van der Waals surface area contributed by atoms with E-state index in [2.05, 4.69) is 19.2 Å². The van der Waals surface area contributed by atoms with E-state index in [-0.39, 0.29) is 5.92 Å². The molecule has 1 rings (SSSR count). The summed E-state index contributed by atoms with van der Waals surface area (Å²) in [5.41, 5.74) is 0.828. The maximum absolute atomic E-state index is 13.0. The molecule has 0 aromatic heterocycles. The van der Waals surface area contributed by atoms with Crippen molar-refractivity contribution in [1.29, 1.82) is 0 Å². The molecule has 2 unspecified atom stereocenters. The molecule has 0 aliphatic carbocycles. The second kappa shape index (κ2) is 5.94. The monoisotopic (exact) mass is 227 g/mol. The summed E-state index contributed by atoms with van der Waals surface area (Å²) >= 11 is 0. The Morgan fingerprint density at radius 1 is 1.19 bits per heavy atom. The SMILES string of the molecule is CCC(C)NCC(C)c1ccc(F)c(F)c1. The first-order chi connectivity index (χ1) is 7.54. The van der Waals surface area contributed by atoms with Crippen LogP contribution >= 0.6 is 0 Å². The number of hydrogen-bond acceptors (Lipinski definition) is 1. The van der Waals surface area contributed by atoms with Crippen molar-refractivity contribution in [3.63, 3.8) is 0 Å². The van der Waals surface area contributed by atoms with Crippen LogP contribution in [-0.2, 0) is 0 Å². The summed E-state index contributed by atoms with van der Waals surface area (Å²) in [5, 5.41) is 3.35. The van der Waals surface area contributed by atoms with Crippen LogP contribution in [0.3, 0.4) is 0 Å². The third-order valence-electron chi connectivity index (χ3n) is 2.90. The molecule has 90 valence electrons. The van der Waals surface area contributed by atoms with Gasteiger partial charge < -0.3 is 5.32 Å². The second-order valence-corrected chi connectivity index (χ2v) is 4.29. The van der Waals surface area contributed by atoms with Crippen molar-refractivity contribution in [3.8, 4) is 0 Å². The van der Waals surface area contributed by atoms with Crippen molar-refractivity contribution >= 4 is 0 Å². The minimum absolute atomic E-state index is 0.184. The van der Waals surface area contributed by atoms with Gasteiger partial charge in [0.25, 0.3) is 0 Å². The average molecular weight is 227 g/mol. The summed E-state index contributed by atoms with van der Waals surface area (Å²) in [4.78, 5) is 0. The molecular weight excluding hydrogens is 208 g/mol. The molecule has 1 nitrogen and oxygen atoms in total. The lowest BCUT2D eigenvalue weighted by atomic mass is 10.0. The fraction of sp³-hybridized carbons (Fsp3) is 0.538. The van der Waals surface area contributed by atoms with Crippen LogP contribution in [0.4, 0.5) is 8.78 Å². The molecule has 0 bridgehead atoms. The summed E-state index contributed by atoms with van der Waals surface area (Å²) in [6.07, 6.45) is 1.06. The van der Waals surface area contributed by atoms with Gasteiger partial charge in [-0.3, -0.25) is 0 Å². The highest BCUT2D eigenvalue weighted by Gasteiger charge is 2.09. The van der Waals surface area contributed by atoms with Crippen molar-refractivity contribution in [2.75, 3.05) is 6.54 Å². The number of halogens is 2. The molecule has 0 spiro atoms. The third-order valence-corrected chi connectivity index (χ3v) is 2.90. The maximum Gasteiger partial charge on any atom is 0.159 e. The van der Waals surface area contributed by atoms with Gasteiger partial charge in [-0.2, -0.15) is 0 Å². The Hall–Kier alpha value is -0.960. The average Bonchev–Trinajstić information content (AvgIpc) is 2.29. The molecule has 3 heteroatoms. The first kappa shape index (κ1) is 13.1. The predicted octanol–water partition coefficient (Wildman–Crippen LogP) is 3.46. The Kier molecular flexibility index (Phi) is 4.87. The quantitative estimate of drug-likeness (QED) is 0.812. The van der Waals surface area contributed by atoms with E-state index in [4.69, 9.17) is 0 Å². The van der Waals surface area contributed by atoms with E-state index >= 15 is 0 Å². The molecule has 0 saturated carbocycles. The smallest absolute Gasteiger partial charge is 0.159 e. The van der Waals surface area contributed by atoms with E-state index in [1.807, 2.05) is 6.92 Å². The van der Waals surface area contributed by atoms with Gasteiger partial charge in [0.2, 0.25) is 0 Å². The zero-order chi connectivity index (χ0) is 12.1. The van der Waals surface area contributed by atoms with Gasteiger partial charge in [0.1, 0.15) is 0 Å². The number of hydrogen-bond donors (Lipinski definition) is 1. The molecule has 0 saturated heterocycles. The fourth-order valence-corrected chi connectivity index (χ4v) is 1.46. The van der Waals surface area contributed by atoms with Crippen LogP contribution in [0.5, 0.6) is 0 Å². The van der Waals surface area contributed by atoms with Gasteiger partial charge in [0.15, 0.2) is 11.6 Å². The normalized spacial score (nSPS) is 14.8. The van der Waals surface area contributed by atoms with Gasteiger partial charge >= 0.3 is 0 Å². The molecule has 0 heterocycles. The lowest BCUT2D eigenvalue weighted by molar-refractivity contribution is 0.494. The van der Waals surface area contributed by atoms with Crippen LogP contribution in [0.15, 0.2) is 18.2 Å². The van der Waals surface area contributed by atoms with E-state index in [0.29, 0.717) is 6.04 Å². The number of rotatable bonds is 5. The molecule has 1 N–H and O–H groups in total. The van der Waals surface area contributed by atoms with Crippen molar-refractivity contribution in [1.82, 2.24) is 5.32 Å².